The van der Waals surface area contributed by atoms with Crippen LogP contribution in [-0.2, 0) is 0 Å². The van der Waals surface area contributed by atoms with Crippen molar-refractivity contribution < 1.29 is 0 Å². The molecule has 0 aliphatic rings. The molecule has 5 nitrogen and oxygen atoms in total. The topological polar surface area (TPSA) is 55.6 Å². The summed E-state index contributed by atoms with van der Waals surface area (Å²) in [6, 6.07) is 2.54. The number of tetrazole rings is 1. The number of aromatic nitrogens is 4. The third-order valence-electron chi connectivity index (χ3n) is 3.63. The fourth-order valence-corrected chi connectivity index (χ4v) is 3.48. The van der Waals surface area contributed by atoms with E-state index in [-0.39, 0.29) is 12.1 Å². The number of nitrogens with zero attached hydrogens (tertiary/aromatic N) is 4. The van der Waals surface area contributed by atoms with Gasteiger partial charge < -0.3 is 5.32 Å². The highest BCUT2D eigenvalue weighted by molar-refractivity contribution is 7.12. The van der Waals surface area contributed by atoms with E-state index in [9.17, 15) is 0 Å². The highest BCUT2D eigenvalue weighted by Gasteiger charge is 2.21. The monoisotopic (exact) mass is 307 g/mol. The smallest absolute Gasteiger partial charge is 0.168 e. The first-order chi connectivity index (χ1) is 9.90. The van der Waals surface area contributed by atoms with Crippen molar-refractivity contribution in [1.82, 2.24) is 25.5 Å². The van der Waals surface area contributed by atoms with Crippen molar-refractivity contribution in [3.63, 3.8) is 0 Å². The lowest BCUT2D eigenvalue weighted by molar-refractivity contribution is 0.440. The zero-order chi connectivity index (χ0) is 15.6. The molecule has 1 N–H and O–H groups in total. The number of rotatable bonds is 6. The van der Waals surface area contributed by atoms with Crippen LogP contribution >= 0.6 is 11.3 Å². The molecule has 2 heterocycles. The molecule has 0 saturated carbocycles. The molecule has 2 unspecified atom stereocenters. The number of thiophene rings is 1. The molecule has 0 spiro atoms. The summed E-state index contributed by atoms with van der Waals surface area (Å²) in [5.74, 6) is 1.50. The van der Waals surface area contributed by atoms with Gasteiger partial charge >= 0.3 is 0 Å². The second kappa shape index (κ2) is 6.66. The van der Waals surface area contributed by atoms with Crippen LogP contribution in [0.15, 0.2) is 6.07 Å². The Morgan fingerprint density at radius 1 is 1.24 bits per heavy atom. The van der Waals surface area contributed by atoms with Crippen molar-refractivity contribution in [3.05, 3.63) is 27.2 Å². The van der Waals surface area contributed by atoms with Gasteiger partial charge in [-0.3, -0.25) is 0 Å². The van der Waals surface area contributed by atoms with Crippen LogP contribution in [0.5, 0.6) is 0 Å². The summed E-state index contributed by atoms with van der Waals surface area (Å²) >= 11 is 1.83. The standard InChI is InChI=1S/C15H25N5S/c1-9(2)8-16-11(4)15-17-18-19-20(15)12(5)14-7-10(3)21-13(14)6/h7,9,11-12,16H,8H2,1-6H3. The quantitative estimate of drug-likeness (QED) is 0.890. The summed E-state index contributed by atoms with van der Waals surface area (Å²) in [5, 5.41) is 15.8. The van der Waals surface area contributed by atoms with Crippen LogP contribution in [0.4, 0.5) is 0 Å². The van der Waals surface area contributed by atoms with E-state index in [1.807, 2.05) is 16.0 Å². The van der Waals surface area contributed by atoms with E-state index in [4.69, 9.17) is 0 Å². The Labute approximate surface area is 130 Å². The fraction of sp³-hybridized carbons (Fsp3) is 0.667. The Morgan fingerprint density at radius 2 is 1.95 bits per heavy atom. The Morgan fingerprint density at radius 3 is 2.52 bits per heavy atom. The Hall–Kier alpha value is -1.27. The Kier molecular flexibility index (Phi) is 5.11. The molecule has 0 saturated heterocycles. The van der Waals surface area contributed by atoms with Crippen LogP contribution in [-0.4, -0.2) is 26.8 Å². The van der Waals surface area contributed by atoms with Gasteiger partial charge in [-0.15, -0.1) is 16.4 Å². The molecule has 2 aromatic rings. The highest BCUT2D eigenvalue weighted by atomic mass is 32.1. The van der Waals surface area contributed by atoms with Crippen LogP contribution in [0.3, 0.4) is 0 Å². The Bertz CT molecular complexity index is 587. The largest absolute Gasteiger partial charge is 0.307 e. The summed E-state index contributed by atoms with van der Waals surface area (Å²) in [7, 11) is 0. The lowest BCUT2D eigenvalue weighted by atomic mass is 10.1. The molecular weight excluding hydrogens is 282 g/mol. The van der Waals surface area contributed by atoms with E-state index in [1.54, 1.807) is 0 Å². The minimum absolute atomic E-state index is 0.143. The fourth-order valence-electron chi connectivity index (χ4n) is 2.46. The number of nitrogens with one attached hydrogen (secondary N) is 1. The molecule has 0 aliphatic heterocycles. The molecule has 2 rings (SSSR count). The van der Waals surface area contributed by atoms with Gasteiger partial charge in [-0.2, -0.15) is 0 Å². The van der Waals surface area contributed by atoms with Crippen LogP contribution in [0, 0.1) is 19.8 Å². The first-order valence-electron chi connectivity index (χ1n) is 7.48. The van der Waals surface area contributed by atoms with E-state index >= 15 is 0 Å². The predicted octanol–water partition coefficient (Wildman–Crippen LogP) is 3.27. The molecule has 0 bridgehead atoms. The predicted molar refractivity (Wildman–Crippen MR) is 86.7 cm³/mol. The molecule has 0 amide bonds. The van der Waals surface area contributed by atoms with E-state index in [1.165, 1.54) is 15.3 Å². The maximum absolute atomic E-state index is 4.22. The van der Waals surface area contributed by atoms with Gasteiger partial charge in [-0.1, -0.05) is 13.8 Å². The first-order valence-corrected chi connectivity index (χ1v) is 8.29. The molecule has 0 aliphatic carbocycles. The van der Waals surface area contributed by atoms with Crippen molar-refractivity contribution >= 4 is 11.3 Å². The number of hydrogen-bond donors (Lipinski definition) is 1. The average molecular weight is 307 g/mol. The normalized spacial score (nSPS) is 14.6. The zero-order valence-corrected chi connectivity index (χ0v) is 14.5. The van der Waals surface area contributed by atoms with E-state index in [2.05, 4.69) is 68.5 Å². The minimum atomic E-state index is 0.143. The van der Waals surface area contributed by atoms with Gasteiger partial charge in [0.15, 0.2) is 5.82 Å². The van der Waals surface area contributed by atoms with E-state index in [0.717, 1.165) is 12.4 Å². The highest BCUT2D eigenvalue weighted by Crippen LogP contribution is 2.29. The zero-order valence-electron chi connectivity index (χ0n) is 13.7. The van der Waals surface area contributed by atoms with E-state index < -0.39 is 0 Å². The second-order valence-electron chi connectivity index (χ2n) is 6.05. The van der Waals surface area contributed by atoms with Crippen molar-refractivity contribution in [2.45, 2.75) is 53.6 Å². The maximum Gasteiger partial charge on any atom is 0.168 e. The molecule has 0 radical (unpaired) electrons. The van der Waals surface area contributed by atoms with Crippen LogP contribution < -0.4 is 5.32 Å². The summed E-state index contributed by atoms with van der Waals surface area (Å²) in [5.41, 5.74) is 1.31. The van der Waals surface area contributed by atoms with Gasteiger partial charge in [0.1, 0.15) is 0 Å². The molecule has 116 valence electrons. The summed E-state index contributed by atoms with van der Waals surface area (Å²) in [6.45, 7) is 13.9. The number of hydrogen-bond acceptors (Lipinski definition) is 5. The van der Waals surface area contributed by atoms with Gasteiger partial charge in [0.2, 0.25) is 0 Å². The van der Waals surface area contributed by atoms with Crippen molar-refractivity contribution in [2.75, 3.05) is 6.54 Å². The third kappa shape index (κ3) is 3.68. The summed E-state index contributed by atoms with van der Waals surface area (Å²) in [4.78, 5) is 2.67. The van der Waals surface area contributed by atoms with Crippen molar-refractivity contribution in [3.8, 4) is 0 Å². The lowest BCUT2D eigenvalue weighted by Crippen LogP contribution is -2.27. The van der Waals surface area contributed by atoms with Gasteiger partial charge in [0.05, 0.1) is 12.1 Å². The van der Waals surface area contributed by atoms with Gasteiger partial charge in [-0.25, -0.2) is 4.68 Å². The third-order valence-corrected chi connectivity index (χ3v) is 4.62. The van der Waals surface area contributed by atoms with Crippen LogP contribution in [0.2, 0.25) is 0 Å². The van der Waals surface area contributed by atoms with E-state index in [0.29, 0.717) is 5.92 Å². The lowest BCUT2D eigenvalue weighted by Gasteiger charge is -2.18. The average Bonchev–Trinajstić information content (AvgIpc) is 3.01. The summed E-state index contributed by atoms with van der Waals surface area (Å²) < 4.78 is 1.94. The molecule has 21 heavy (non-hydrogen) atoms. The number of aryl methyl sites for hydroxylation is 2. The molecule has 2 aromatic heterocycles. The molecule has 2 atom stereocenters. The first kappa shape index (κ1) is 16.1. The SMILES string of the molecule is Cc1cc(C(C)n2nnnc2C(C)NCC(C)C)c(C)s1. The van der Waals surface area contributed by atoms with Gasteiger partial charge in [0, 0.05) is 9.75 Å². The Balaban J connectivity index is 2.21. The van der Waals surface area contributed by atoms with Crippen LogP contribution in [0.1, 0.15) is 60.9 Å². The van der Waals surface area contributed by atoms with Crippen molar-refractivity contribution in [2.24, 2.45) is 5.92 Å². The maximum atomic E-state index is 4.22. The molecule has 0 fully saturated rings. The molecule has 0 aromatic carbocycles. The minimum Gasteiger partial charge on any atom is -0.307 e. The molecule has 6 heteroatoms. The van der Waals surface area contributed by atoms with Gasteiger partial charge in [-0.05, 0) is 62.2 Å². The molecular formula is C15H25N5S. The van der Waals surface area contributed by atoms with Crippen LogP contribution in [0.25, 0.3) is 0 Å². The van der Waals surface area contributed by atoms with Crippen molar-refractivity contribution in [1.29, 1.82) is 0 Å². The second-order valence-corrected chi connectivity index (χ2v) is 7.51. The van der Waals surface area contributed by atoms with Gasteiger partial charge in [0.25, 0.3) is 0 Å². The summed E-state index contributed by atoms with van der Waals surface area (Å²) in [6.07, 6.45) is 0.